The molecule has 1 heterocycles. The van der Waals surface area contributed by atoms with Crippen LogP contribution < -0.4 is 0 Å². The second-order valence-electron chi connectivity index (χ2n) is 7.55. The fourth-order valence-corrected chi connectivity index (χ4v) is 2.67. The number of rotatable bonds is 5. The van der Waals surface area contributed by atoms with Gasteiger partial charge in [0.1, 0.15) is 11.0 Å². The van der Waals surface area contributed by atoms with Crippen LogP contribution in [-0.2, 0) is 14.3 Å². The summed E-state index contributed by atoms with van der Waals surface area (Å²) in [5, 5.41) is 9.64. The molecule has 1 unspecified atom stereocenters. The van der Waals surface area contributed by atoms with Gasteiger partial charge in [0.25, 0.3) is 0 Å². The SMILES string of the molecule is CC(C)(C)OC(=O)N1CCCC(COCC2CC2)(C(=O)O)C1. The molecular weight excluding hydrogens is 286 g/mol. The Hall–Kier alpha value is -1.30. The average Bonchev–Trinajstić information content (AvgIpc) is 3.21. The summed E-state index contributed by atoms with van der Waals surface area (Å²) in [4.78, 5) is 25.5. The van der Waals surface area contributed by atoms with Crippen LogP contribution in [0.3, 0.4) is 0 Å². The lowest BCUT2D eigenvalue weighted by molar-refractivity contribution is -0.157. The Morgan fingerprint density at radius 2 is 2.00 bits per heavy atom. The molecule has 22 heavy (non-hydrogen) atoms. The van der Waals surface area contributed by atoms with Gasteiger partial charge in [-0.05, 0) is 52.4 Å². The molecule has 1 aliphatic carbocycles. The zero-order valence-corrected chi connectivity index (χ0v) is 13.8. The van der Waals surface area contributed by atoms with Gasteiger partial charge in [0, 0.05) is 19.7 Å². The van der Waals surface area contributed by atoms with Crippen molar-refractivity contribution < 1.29 is 24.2 Å². The van der Waals surface area contributed by atoms with Gasteiger partial charge in [0.15, 0.2) is 0 Å². The number of amides is 1. The molecule has 6 nitrogen and oxygen atoms in total. The smallest absolute Gasteiger partial charge is 0.410 e. The molecule has 1 saturated heterocycles. The van der Waals surface area contributed by atoms with E-state index in [9.17, 15) is 14.7 Å². The maximum Gasteiger partial charge on any atom is 0.410 e. The van der Waals surface area contributed by atoms with Gasteiger partial charge in [0.2, 0.25) is 0 Å². The number of aliphatic carboxylic acids is 1. The number of piperidine rings is 1. The fraction of sp³-hybridized carbons (Fsp3) is 0.875. The number of carbonyl (C=O) groups is 2. The van der Waals surface area contributed by atoms with Gasteiger partial charge in [-0.2, -0.15) is 0 Å². The third-order valence-corrected chi connectivity index (χ3v) is 4.11. The fourth-order valence-electron chi connectivity index (χ4n) is 2.67. The number of hydrogen-bond donors (Lipinski definition) is 1. The number of hydrogen-bond acceptors (Lipinski definition) is 4. The summed E-state index contributed by atoms with van der Waals surface area (Å²) >= 11 is 0. The largest absolute Gasteiger partial charge is 0.481 e. The van der Waals surface area contributed by atoms with Crippen molar-refractivity contribution >= 4 is 12.1 Å². The molecule has 1 amide bonds. The Bertz CT molecular complexity index is 427. The monoisotopic (exact) mass is 313 g/mol. The minimum Gasteiger partial charge on any atom is -0.481 e. The van der Waals surface area contributed by atoms with E-state index in [4.69, 9.17) is 9.47 Å². The second kappa shape index (κ2) is 6.44. The first-order chi connectivity index (χ1) is 10.2. The highest BCUT2D eigenvalue weighted by molar-refractivity contribution is 5.77. The molecule has 0 bridgehead atoms. The van der Waals surface area contributed by atoms with Crippen molar-refractivity contribution in [2.24, 2.45) is 11.3 Å². The van der Waals surface area contributed by atoms with E-state index in [0.29, 0.717) is 31.9 Å². The first-order valence-corrected chi connectivity index (χ1v) is 8.01. The highest BCUT2D eigenvalue weighted by atomic mass is 16.6. The van der Waals surface area contributed by atoms with Gasteiger partial charge < -0.3 is 19.5 Å². The lowest BCUT2D eigenvalue weighted by atomic mass is 9.80. The van der Waals surface area contributed by atoms with Crippen LogP contribution in [0, 0.1) is 11.3 Å². The Balaban J connectivity index is 1.96. The van der Waals surface area contributed by atoms with E-state index >= 15 is 0 Å². The molecule has 0 aromatic rings. The van der Waals surface area contributed by atoms with Gasteiger partial charge in [0.05, 0.1) is 6.61 Å². The summed E-state index contributed by atoms with van der Waals surface area (Å²) < 4.78 is 11.0. The lowest BCUT2D eigenvalue weighted by Gasteiger charge is -2.40. The molecule has 1 saturated carbocycles. The van der Waals surface area contributed by atoms with E-state index < -0.39 is 23.1 Å². The van der Waals surface area contributed by atoms with E-state index in [0.717, 1.165) is 0 Å². The first-order valence-electron chi connectivity index (χ1n) is 8.01. The van der Waals surface area contributed by atoms with Crippen molar-refractivity contribution in [2.75, 3.05) is 26.3 Å². The standard InChI is InChI=1S/C16H27NO5/c1-15(2,3)22-14(20)17-8-4-7-16(10-17,13(18)19)11-21-9-12-5-6-12/h12H,4-11H2,1-3H3,(H,18,19). The van der Waals surface area contributed by atoms with E-state index in [1.807, 2.05) is 0 Å². The summed E-state index contributed by atoms with van der Waals surface area (Å²) in [6, 6.07) is 0. The molecule has 1 N–H and O–H groups in total. The molecule has 6 heteroatoms. The number of carboxylic acids is 1. The van der Waals surface area contributed by atoms with Crippen molar-refractivity contribution in [3.63, 3.8) is 0 Å². The Morgan fingerprint density at radius 1 is 1.32 bits per heavy atom. The number of carbonyl (C=O) groups excluding carboxylic acids is 1. The lowest BCUT2D eigenvalue weighted by Crippen LogP contribution is -2.53. The average molecular weight is 313 g/mol. The molecular formula is C16H27NO5. The maximum atomic E-state index is 12.2. The number of ether oxygens (including phenoxy) is 2. The van der Waals surface area contributed by atoms with Gasteiger partial charge in [-0.1, -0.05) is 0 Å². The topological polar surface area (TPSA) is 76.1 Å². The van der Waals surface area contributed by atoms with Crippen LogP contribution >= 0.6 is 0 Å². The van der Waals surface area contributed by atoms with Crippen molar-refractivity contribution in [1.82, 2.24) is 4.90 Å². The molecule has 0 spiro atoms. The Morgan fingerprint density at radius 3 is 2.55 bits per heavy atom. The maximum absolute atomic E-state index is 12.2. The minimum absolute atomic E-state index is 0.155. The molecule has 0 aromatic heterocycles. The molecule has 2 aliphatic rings. The van der Waals surface area contributed by atoms with Gasteiger partial charge in [-0.15, -0.1) is 0 Å². The molecule has 0 radical (unpaired) electrons. The van der Waals surface area contributed by atoms with E-state index in [1.165, 1.54) is 17.7 Å². The number of likely N-dealkylation sites (tertiary alicyclic amines) is 1. The summed E-state index contributed by atoms with van der Waals surface area (Å²) in [6.45, 7) is 6.89. The minimum atomic E-state index is -1.01. The van der Waals surface area contributed by atoms with E-state index in [-0.39, 0.29) is 13.2 Å². The molecule has 2 rings (SSSR count). The van der Waals surface area contributed by atoms with Crippen molar-refractivity contribution in [2.45, 2.75) is 52.1 Å². The molecule has 1 atom stereocenters. The Kier molecular flexibility index (Phi) is 5.00. The van der Waals surface area contributed by atoms with Crippen molar-refractivity contribution in [3.05, 3.63) is 0 Å². The molecule has 1 aliphatic heterocycles. The van der Waals surface area contributed by atoms with Gasteiger partial charge in [-0.3, -0.25) is 4.79 Å². The van der Waals surface area contributed by atoms with Crippen molar-refractivity contribution in [3.8, 4) is 0 Å². The zero-order valence-electron chi connectivity index (χ0n) is 13.8. The predicted molar refractivity (Wildman–Crippen MR) is 80.7 cm³/mol. The van der Waals surface area contributed by atoms with Crippen LogP contribution in [0.4, 0.5) is 4.79 Å². The van der Waals surface area contributed by atoms with Crippen LogP contribution in [0.15, 0.2) is 0 Å². The van der Waals surface area contributed by atoms with Crippen LogP contribution in [0.25, 0.3) is 0 Å². The second-order valence-corrected chi connectivity index (χ2v) is 7.55. The molecule has 126 valence electrons. The molecule has 0 aromatic carbocycles. The van der Waals surface area contributed by atoms with Gasteiger partial charge >= 0.3 is 12.1 Å². The normalized spacial score (nSPS) is 25.9. The third kappa shape index (κ3) is 4.60. The van der Waals surface area contributed by atoms with Gasteiger partial charge in [-0.25, -0.2) is 4.79 Å². The quantitative estimate of drug-likeness (QED) is 0.844. The number of nitrogens with zero attached hydrogens (tertiary/aromatic N) is 1. The highest BCUT2D eigenvalue weighted by Gasteiger charge is 2.45. The van der Waals surface area contributed by atoms with E-state index in [2.05, 4.69) is 0 Å². The summed E-state index contributed by atoms with van der Waals surface area (Å²) in [5.74, 6) is -0.298. The van der Waals surface area contributed by atoms with Crippen LogP contribution in [0.5, 0.6) is 0 Å². The Labute approximate surface area is 131 Å². The summed E-state index contributed by atoms with van der Waals surface area (Å²) in [5.41, 5.74) is -1.59. The third-order valence-electron chi connectivity index (χ3n) is 4.11. The zero-order chi connectivity index (χ0) is 16.4. The van der Waals surface area contributed by atoms with Crippen LogP contribution in [0.2, 0.25) is 0 Å². The highest BCUT2D eigenvalue weighted by Crippen LogP contribution is 2.34. The summed E-state index contributed by atoms with van der Waals surface area (Å²) in [7, 11) is 0. The summed E-state index contributed by atoms with van der Waals surface area (Å²) in [6.07, 6.45) is 3.08. The van der Waals surface area contributed by atoms with Crippen LogP contribution in [0.1, 0.15) is 46.5 Å². The van der Waals surface area contributed by atoms with Crippen LogP contribution in [-0.4, -0.2) is 54.0 Å². The first kappa shape index (κ1) is 17.1. The van der Waals surface area contributed by atoms with Crippen molar-refractivity contribution in [1.29, 1.82) is 0 Å². The van der Waals surface area contributed by atoms with E-state index in [1.54, 1.807) is 20.8 Å². The molecule has 2 fully saturated rings. The predicted octanol–water partition coefficient (Wildman–Crippen LogP) is 2.51. The number of carboxylic acid groups (broad SMARTS) is 1.